The number of fused-ring (bicyclic) bond motifs is 3. The summed E-state index contributed by atoms with van der Waals surface area (Å²) in [6.07, 6.45) is 1.56. The molecular weight excluding hydrogens is 438 g/mol. The Labute approximate surface area is 197 Å². The molecule has 2 aromatic heterocycles. The number of hydrogen-bond acceptors (Lipinski definition) is 6. The monoisotopic (exact) mass is 465 g/mol. The molecule has 8 heteroatoms. The van der Waals surface area contributed by atoms with Crippen molar-refractivity contribution in [1.29, 1.82) is 0 Å². The lowest BCUT2D eigenvalue weighted by Gasteiger charge is -2.33. The number of hydrogen-bond donors (Lipinski definition) is 0. The van der Waals surface area contributed by atoms with E-state index < -0.39 is 6.10 Å². The van der Waals surface area contributed by atoms with Crippen LogP contribution in [0.1, 0.15) is 42.9 Å². The molecular formula is C25H27N3O4S. The number of ether oxygens (including phenoxy) is 3. The van der Waals surface area contributed by atoms with Gasteiger partial charge < -0.3 is 19.1 Å². The van der Waals surface area contributed by atoms with Gasteiger partial charge in [0.25, 0.3) is 5.91 Å². The predicted molar refractivity (Wildman–Crippen MR) is 128 cm³/mol. The average molecular weight is 466 g/mol. The van der Waals surface area contributed by atoms with Crippen LogP contribution in [-0.2, 0) is 4.74 Å². The van der Waals surface area contributed by atoms with Gasteiger partial charge in [-0.25, -0.2) is 4.68 Å². The number of thiophene rings is 1. The summed E-state index contributed by atoms with van der Waals surface area (Å²) in [6.45, 7) is 7.01. The summed E-state index contributed by atoms with van der Waals surface area (Å²) >= 11 is 1.59. The van der Waals surface area contributed by atoms with Gasteiger partial charge in [0.1, 0.15) is 11.5 Å². The highest BCUT2D eigenvalue weighted by Crippen LogP contribution is 2.49. The fourth-order valence-electron chi connectivity index (χ4n) is 4.08. The molecule has 0 N–H and O–H groups in total. The van der Waals surface area contributed by atoms with Gasteiger partial charge in [0.05, 0.1) is 37.3 Å². The van der Waals surface area contributed by atoms with E-state index in [0.29, 0.717) is 30.4 Å². The van der Waals surface area contributed by atoms with Gasteiger partial charge in [-0.3, -0.25) is 4.79 Å². The summed E-state index contributed by atoms with van der Waals surface area (Å²) in [6, 6.07) is 7.76. The average Bonchev–Trinajstić information content (AvgIpc) is 3.56. The fourth-order valence-corrected chi connectivity index (χ4v) is 4.69. The zero-order valence-corrected chi connectivity index (χ0v) is 20.2. The highest BCUT2D eigenvalue weighted by atomic mass is 32.1. The second-order valence-corrected chi connectivity index (χ2v) is 9.97. The van der Waals surface area contributed by atoms with Crippen molar-refractivity contribution in [2.45, 2.75) is 32.4 Å². The Kier molecular flexibility index (Phi) is 5.29. The zero-order chi connectivity index (χ0) is 23.3. The Balaban J connectivity index is 1.79. The number of benzene rings is 1. The largest absolute Gasteiger partial charge is 0.497 e. The lowest BCUT2D eigenvalue weighted by Crippen LogP contribution is -2.43. The first-order valence-electron chi connectivity index (χ1n) is 10.8. The van der Waals surface area contributed by atoms with Crippen LogP contribution in [0.4, 0.5) is 0 Å². The van der Waals surface area contributed by atoms with E-state index in [4.69, 9.17) is 19.3 Å². The smallest absolute Gasteiger partial charge is 0.275 e. The lowest BCUT2D eigenvalue weighted by molar-refractivity contribution is 0.0644. The van der Waals surface area contributed by atoms with Gasteiger partial charge in [0.15, 0.2) is 11.8 Å². The molecule has 7 nitrogen and oxygen atoms in total. The zero-order valence-electron chi connectivity index (χ0n) is 19.4. The molecule has 33 heavy (non-hydrogen) atoms. The molecule has 0 saturated carbocycles. The van der Waals surface area contributed by atoms with Gasteiger partial charge in [-0.2, -0.15) is 16.4 Å². The number of amides is 1. The van der Waals surface area contributed by atoms with Crippen molar-refractivity contribution in [3.8, 4) is 28.4 Å². The van der Waals surface area contributed by atoms with Gasteiger partial charge in [-0.1, -0.05) is 6.08 Å². The molecule has 0 saturated heterocycles. The van der Waals surface area contributed by atoms with E-state index in [9.17, 15) is 4.79 Å². The normalized spacial score (nSPS) is 17.1. The second-order valence-electron chi connectivity index (χ2n) is 9.19. The van der Waals surface area contributed by atoms with E-state index in [0.717, 1.165) is 28.1 Å². The van der Waals surface area contributed by atoms with Crippen molar-refractivity contribution in [1.82, 2.24) is 14.7 Å². The maximum absolute atomic E-state index is 13.7. The molecule has 1 unspecified atom stereocenters. The van der Waals surface area contributed by atoms with E-state index in [1.165, 1.54) is 0 Å². The van der Waals surface area contributed by atoms with Crippen LogP contribution in [0.25, 0.3) is 16.9 Å². The van der Waals surface area contributed by atoms with Gasteiger partial charge in [0, 0.05) is 29.6 Å². The molecule has 4 heterocycles. The molecule has 3 aromatic rings. The molecule has 0 aliphatic carbocycles. The summed E-state index contributed by atoms with van der Waals surface area (Å²) in [5, 5.41) is 8.92. The van der Waals surface area contributed by atoms with Crippen LogP contribution in [-0.4, -0.2) is 53.5 Å². The van der Waals surface area contributed by atoms with Crippen molar-refractivity contribution in [3.05, 3.63) is 57.9 Å². The third-order valence-electron chi connectivity index (χ3n) is 6.21. The number of nitrogens with zero attached hydrogens (tertiary/aromatic N) is 3. The predicted octanol–water partition coefficient (Wildman–Crippen LogP) is 4.87. The molecule has 1 atom stereocenters. The van der Waals surface area contributed by atoms with Crippen LogP contribution in [0, 0.1) is 0 Å². The van der Waals surface area contributed by atoms with E-state index in [1.807, 2.05) is 73.6 Å². The first-order chi connectivity index (χ1) is 15.8. The summed E-state index contributed by atoms with van der Waals surface area (Å²) < 4.78 is 19.5. The van der Waals surface area contributed by atoms with Crippen LogP contribution in [0.3, 0.4) is 0 Å². The minimum absolute atomic E-state index is 0.141. The maximum atomic E-state index is 13.7. The molecule has 0 bridgehead atoms. The van der Waals surface area contributed by atoms with Crippen molar-refractivity contribution < 1.29 is 19.0 Å². The Morgan fingerprint density at radius 2 is 2.12 bits per heavy atom. The van der Waals surface area contributed by atoms with Gasteiger partial charge in [-0.05, 0) is 49.9 Å². The number of carbonyl (C=O) groups is 1. The lowest BCUT2D eigenvalue weighted by atomic mass is 9.92. The van der Waals surface area contributed by atoms with E-state index in [1.54, 1.807) is 23.3 Å². The van der Waals surface area contributed by atoms with Gasteiger partial charge in [-0.15, -0.1) is 0 Å². The van der Waals surface area contributed by atoms with E-state index >= 15 is 0 Å². The van der Waals surface area contributed by atoms with Crippen LogP contribution >= 0.6 is 11.3 Å². The molecule has 0 fully saturated rings. The highest BCUT2D eigenvalue weighted by molar-refractivity contribution is 7.08. The van der Waals surface area contributed by atoms with Gasteiger partial charge in [0.2, 0.25) is 0 Å². The summed E-state index contributed by atoms with van der Waals surface area (Å²) in [5.74, 6) is 1.26. The summed E-state index contributed by atoms with van der Waals surface area (Å²) in [4.78, 5) is 15.5. The molecule has 2 aliphatic rings. The highest BCUT2D eigenvalue weighted by Gasteiger charge is 2.40. The van der Waals surface area contributed by atoms with Crippen molar-refractivity contribution in [2.24, 2.45) is 0 Å². The Morgan fingerprint density at radius 3 is 2.76 bits per heavy atom. The SMILES string of the molecule is COc1ccc2c(c1)OC(C1=CCOC1)c1c(C(=O)N(C)C(C)(C)C)nn(-c3ccsc3)c1-2. The first-order valence-corrected chi connectivity index (χ1v) is 11.8. The third-order valence-corrected chi connectivity index (χ3v) is 6.88. The molecule has 2 aliphatic heterocycles. The maximum Gasteiger partial charge on any atom is 0.275 e. The summed E-state index contributed by atoms with van der Waals surface area (Å²) in [7, 11) is 3.45. The molecule has 1 aromatic carbocycles. The van der Waals surface area contributed by atoms with Crippen molar-refractivity contribution in [2.75, 3.05) is 27.4 Å². The van der Waals surface area contributed by atoms with Crippen LogP contribution in [0.15, 0.2) is 46.7 Å². The van der Waals surface area contributed by atoms with Crippen LogP contribution < -0.4 is 9.47 Å². The van der Waals surface area contributed by atoms with Crippen LogP contribution in [0.5, 0.6) is 11.5 Å². The molecule has 172 valence electrons. The minimum Gasteiger partial charge on any atom is -0.497 e. The quantitative estimate of drug-likeness (QED) is 0.515. The topological polar surface area (TPSA) is 65.8 Å². The third kappa shape index (κ3) is 3.63. The molecule has 0 radical (unpaired) electrons. The molecule has 1 amide bonds. The number of rotatable bonds is 4. The number of carbonyl (C=O) groups excluding carboxylic acids is 1. The molecule has 5 rings (SSSR count). The molecule has 0 spiro atoms. The standard InChI is InChI=1S/C25H27N3O4S/c1-25(2,3)27(4)24(29)21-20-22(28(26-21)16-9-11-33-14-16)18-7-6-17(30-5)12-19(18)32-23(20)15-8-10-31-13-15/h6-9,11-12,14,23H,10,13H2,1-5H3. The van der Waals surface area contributed by atoms with E-state index in [-0.39, 0.29) is 11.4 Å². The van der Waals surface area contributed by atoms with E-state index in [2.05, 4.69) is 0 Å². The van der Waals surface area contributed by atoms with Crippen molar-refractivity contribution >= 4 is 17.2 Å². The summed E-state index contributed by atoms with van der Waals surface area (Å²) in [5.41, 5.74) is 4.44. The van der Waals surface area contributed by atoms with Gasteiger partial charge >= 0.3 is 0 Å². The number of methoxy groups -OCH3 is 1. The van der Waals surface area contributed by atoms with Crippen LogP contribution in [0.2, 0.25) is 0 Å². The minimum atomic E-state index is -0.471. The second kappa shape index (κ2) is 8.04. The first kappa shape index (κ1) is 21.7. The number of aromatic nitrogens is 2. The Bertz CT molecular complexity index is 1240. The van der Waals surface area contributed by atoms with Crippen molar-refractivity contribution in [3.63, 3.8) is 0 Å². The Morgan fingerprint density at radius 1 is 1.30 bits per heavy atom. The fraction of sp³-hybridized carbons (Fsp3) is 0.360. The Hall–Kier alpha value is -3.10.